The van der Waals surface area contributed by atoms with Gasteiger partial charge in [0.05, 0.1) is 11.6 Å². The molecule has 0 spiro atoms. The molecule has 0 bridgehead atoms. The van der Waals surface area contributed by atoms with E-state index in [1.165, 1.54) is 0 Å². The maximum Gasteiger partial charge on any atom is 0.154 e. The van der Waals surface area contributed by atoms with Crippen molar-refractivity contribution in [1.82, 2.24) is 0 Å². The Hall–Kier alpha value is -0.880. The number of halogens is 1. The second-order valence-electron chi connectivity index (χ2n) is 3.75. The molecular formula is C11H13BrO4S. The molecule has 0 saturated carbocycles. The minimum atomic E-state index is -3.25. The van der Waals surface area contributed by atoms with E-state index in [1.807, 2.05) is 0 Å². The number of methoxy groups -OCH3 is 1. The summed E-state index contributed by atoms with van der Waals surface area (Å²) in [6.07, 6.45) is 1.16. The van der Waals surface area contributed by atoms with Crippen LogP contribution in [0.1, 0.15) is 5.56 Å². The zero-order valence-electron chi connectivity index (χ0n) is 9.57. The van der Waals surface area contributed by atoms with Gasteiger partial charge >= 0.3 is 0 Å². The van der Waals surface area contributed by atoms with E-state index >= 15 is 0 Å². The molecule has 6 heteroatoms. The van der Waals surface area contributed by atoms with Gasteiger partial charge in [-0.3, -0.25) is 4.79 Å². The summed E-state index contributed by atoms with van der Waals surface area (Å²) in [5, 5.41) is 0. The smallest absolute Gasteiger partial charge is 0.154 e. The molecule has 0 aliphatic rings. The monoisotopic (exact) mass is 320 g/mol. The lowest BCUT2D eigenvalue weighted by Crippen LogP contribution is -2.16. The maximum absolute atomic E-state index is 11.5. The molecule has 0 amide bonds. The second-order valence-corrected chi connectivity index (χ2v) is 6.75. The summed E-state index contributed by atoms with van der Waals surface area (Å²) >= 11 is 3.30. The highest BCUT2D eigenvalue weighted by molar-refractivity contribution is 9.10. The quantitative estimate of drug-likeness (QED) is 0.827. The van der Waals surface area contributed by atoms with Crippen LogP contribution in [0.5, 0.6) is 5.75 Å². The van der Waals surface area contributed by atoms with E-state index in [-0.39, 0.29) is 12.2 Å². The molecule has 0 aliphatic heterocycles. The van der Waals surface area contributed by atoms with Crippen LogP contribution in [-0.4, -0.2) is 33.3 Å². The Kier molecular flexibility index (Phi) is 4.70. The Morgan fingerprint density at radius 2 is 2.06 bits per heavy atom. The van der Waals surface area contributed by atoms with Crippen LogP contribution in [0.3, 0.4) is 0 Å². The van der Waals surface area contributed by atoms with Crippen LogP contribution >= 0.6 is 15.9 Å². The van der Waals surface area contributed by atoms with E-state index in [4.69, 9.17) is 4.74 Å². The van der Waals surface area contributed by atoms with Crippen molar-refractivity contribution in [1.29, 1.82) is 0 Å². The summed E-state index contributed by atoms with van der Waals surface area (Å²) in [5.41, 5.74) is 0.756. The minimum absolute atomic E-state index is 0.107. The molecular weight excluding hydrogens is 308 g/mol. The largest absolute Gasteiger partial charge is 0.496 e. The molecule has 0 aliphatic carbocycles. The first-order chi connectivity index (χ1) is 7.81. The van der Waals surface area contributed by atoms with Crippen LogP contribution in [0.25, 0.3) is 0 Å². The van der Waals surface area contributed by atoms with Gasteiger partial charge in [0.15, 0.2) is 15.6 Å². The maximum atomic E-state index is 11.5. The Morgan fingerprint density at radius 3 is 2.53 bits per heavy atom. The van der Waals surface area contributed by atoms with Gasteiger partial charge in [0.25, 0.3) is 0 Å². The molecule has 0 atom stereocenters. The van der Waals surface area contributed by atoms with Crippen molar-refractivity contribution in [2.24, 2.45) is 0 Å². The lowest BCUT2D eigenvalue weighted by atomic mass is 10.1. The molecule has 0 saturated heterocycles. The Morgan fingerprint density at radius 1 is 1.41 bits per heavy atom. The van der Waals surface area contributed by atoms with Crippen LogP contribution in [0.15, 0.2) is 22.7 Å². The van der Waals surface area contributed by atoms with Gasteiger partial charge < -0.3 is 4.74 Å². The summed E-state index contributed by atoms with van der Waals surface area (Å²) < 4.78 is 27.7. The van der Waals surface area contributed by atoms with Gasteiger partial charge in [0.1, 0.15) is 11.5 Å². The molecule has 1 aromatic carbocycles. The number of ether oxygens (including phenoxy) is 1. The highest BCUT2D eigenvalue weighted by Gasteiger charge is 2.12. The number of ketones is 1. The fourth-order valence-electron chi connectivity index (χ4n) is 1.39. The topological polar surface area (TPSA) is 60.4 Å². The third-order valence-electron chi connectivity index (χ3n) is 2.04. The van der Waals surface area contributed by atoms with Gasteiger partial charge in [-0.15, -0.1) is 0 Å². The fourth-order valence-corrected chi connectivity index (χ4v) is 2.67. The number of hydrogen-bond acceptors (Lipinski definition) is 4. The predicted octanol–water partition coefficient (Wildman–Crippen LogP) is 1.61. The summed E-state index contributed by atoms with van der Waals surface area (Å²) in [4.78, 5) is 11.5. The van der Waals surface area contributed by atoms with Crippen LogP contribution in [-0.2, 0) is 21.1 Å². The average Bonchev–Trinajstić information content (AvgIpc) is 2.14. The van der Waals surface area contributed by atoms with E-state index in [2.05, 4.69) is 15.9 Å². The van der Waals surface area contributed by atoms with Crippen molar-refractivity contribution in [3.63, 3.8) is 0 Å². The highest BCUT2D eigenvalue weighted by atomic mass is 79.9. The van der Waals surface area contributed by atoms with Gasteiger partial charge in [-0.05, 0) is 33.6 Å². The van der Waals surface area contributed by atoms with Crippen LogP contribution in [0.2, 0.25) is 0 Å². The Bertz CT molecular complexity index is 522. The summed E-state index contributed by atoms with van der Waals surface area (Å²) in [7, 11) is -1.70. The standard InChI is InChI=1S/C11H13BrO4S/c1-16-11-4-3-8(6-10(11)12)5-9(13)7-17(2,14)15/h3-4,6H,5,7H2,1-2H3. The first-order valence-electron chi connectivity index (χ1n) is 4.83. The number of carbonyl (C=O) groups excluding carboxylic acids is 1. The average molecular weight is 321 g/mol. The molecule has 0 fully saturated rings. The minimum Gasteiger partial charge on any atom is -0.496 e. The van der Waals surface area contributed by atoms with E-state index in [0.29, 0.717) is 5.75 Å². The number of carbonyl (C=O) groups is 1. The summed E-state index contributed by atoms with van der Waals surface area (Å²) in [5.74, 6) is -0.0645. The molecule has 0 heterocycles. The molecule has 1 rings (SSSR count). The van der Waals surface area contributed by atoms with E-state index < -0.39 is 15.6 Å². The third kappa shape index (κ3) is 4.87. The van der Waals surface area contributed by atoms with Gasteiger partial charge in [-0.1, -0.05) is 6.07 Å². The van der Waals surface area contributed by atoms with Crippen LogP contribution < -0.4 is 4.74 Å². The van der Waals surface area contributed by atoms with Gasteiger partial charge in [0.2, 0.25) is 0 Å². The molecule has 0 N–H and O–H groups in total. The number of hydrogen-bond donors (Lipinski definition) is 0. The lowest BCUT2D eigenvalue weighted by molar-refractivity contribution is -0.116. The molecule has 0 radical (unpaired) electrons. The van der Waals surface area contributed by atoms with Crippen molar-refractivity contribution >= 4 is 31.6 Å². The fraction of sp³-hybridized carbons (Fsp3) is 0.364. The summed E-state index contributed by atoms with van der Waals surface area (Å²) in [6.45, 7) is 0. The highest BCUT2D eigenvalue weighted by Crippen LogP contribution is 2.25. The van der Waals surface area contributed by atoms with E-state index in [9.17, 15) is 13.2 Å². The first kappa shape index (κ1) is 14.2. The molecule has 1 aromatic rings. The van der Waals surface area contributed by atoms with Crippen molar-refractivity contribution in [3.8, 4) is 5.75 Å². The predicted molar refractivity (Wildman–Crippen MR) is 69.1 cm³/mol. The molecule has 0 unspecified atom stereocenters. The van der Waals surface area contributed by atoms with Crippen LogP contribution in [0.4, 0.5) is 0 Å². The van der Waals surface area contributed by atoms with Gasteiger partial charge in [-0.25, -0.2) is 8.42 Å². The second kappa shape index (κ2) is 5.64. The first-order valence-corrected chi connectivity index (χ1v) is 7.69. The van der Waals surface area contributed by atoms with Crippen molar-refractivity contribution in [2.45, 2.75) is 6.42 Å². The van der Waals surface area contributed by atoms with E-state index in [0.717, 1.165) is 16.3 Å². The Labute approximate surface area is 109 Å². The molecule has 94 valence electrons. The number of sulfone groups is 1. The number of Topliss-reactive ketones (excluding diaryl/α,β-unsaturated/α-hetero) is 1. The van der Waals surface area contributed by atoms with Crippen molar-refractivity contribution in [2.75, 3.05) is 19.1 Å². The van der Waals surface area contributed by atoms with Gasteiger partial charge in [0, 0.05) is 12.7 Å². The lowest BCUT2D eigenvalue weighted by Gasteiger charge is -2.05. The molecule has 4 nitrogen and oxygen atoms in total. The summed E-state index contributed by atoms with van der Waals surface area (Å²) in [6, 6.07) is 5.22. The number of rotatable bonds is 5. The molecule has 0 aromatic heterocycles. The van der Waals surface area contributed by atoms with Crippen molar-refractivity contribution in [3.05, 3.63) is 28.2 Å². The number of benzene rings is 1. The van der Waals surface area contributed by atoms with Gasteiger partial charge in [-0.2, -0.15) is 0 Å². The third-order valence-corrected chi connectivity index (χ3v) is 3.51. The zero-order valence-corrected chi connectivity index (χ0v) is 12.0. The zero-order chi connectivity index (χ0) is 13.1. The van der Waals surface area contributed by atoms with E-state index in [1.54, 1.807) is 25.3 Å². The molecule has 17 heavy (non-hydrogen) atoms. The SMILES string of the molecule is COc1ccc(CC(=O)CS(C)(=O)=O)cc1Br. The normalized spacial score (nSPS) is 11.2. The van der Waals surface area contributed by atoms with Crippen molar-refractivity contribution < 1.29 is 17.9 Å². The van der Waals surface area contributed by atoms with Crippen LogP contribution in [0, 0.1) is 0 Å². The Balaban J connectivity index is 2.76.